The van der Waals surface area contributed by atoms with E-state index in [0.717, 1.165) is 48.8 Å². The molecule has 5 rings (SSSR count). The molecule has 5 heteroatoms. The highest BCUT2D eigenvalue weighted by Gasteiger charge is 2.52. The fraction of sp³-hybridized carbons (Fsp3) is 0.448. The molecule has 3 aliphatic rings. The van der Waals surface area contributed by atoms with Crippen molar-refractivity contribution >= 4 is 11.9 Å². The monoisotopic (exact) mass is 455 g/mol. The number of hydrogen-bond donors (Lipinski definition) is 2. The lowest BCUT2D eigenvalue weighted by molar-refractivity contribution is -0.133. The number of ether oxygens (including phenoxy) is 1. The first-order valence-corrected chi connectivity index (χ1v) is 12.4. The maximum atomic E-state index is 14.2. The lowest BCUT2D eigenvalue weighted by Gasteiger charge is -2.42. The van der Waals surface area contributed by atoms with Crippen molar-refractivity contribution in [3.05, 3.63) is 70.8 Å². The van der Waals surface area contributed by atoms with Gasteiger partial charge in [-0.05, 0) is 79.2 Å². The first-order chi connectivity index (χ1) is 16.5. The molecule has 0 aromatic heterocycles. The van der Waals surface area contributed by atoms with Crippen LogP contribution in [0.1, 0.15) is 66.7 Å². The summed E-state index contributed by atoms with van der Waals surface area (Å²) < 4.78 is 5.64. The first kappa shape index (κ1) is 22.7. The highest BCUT2D eigenvalue weighted by molar-refractivity contribution is 5.99. The molecule has 2 fully saturated rings. The summed E-state index contributed by atoms with van der Waals surface area (Å²) in [5, 5.41) is 8.25. The van der Waals surface area contributed by atoms with Crippen LogP contribution in [0, 0.1) is 28.6 Å². The number of methoxy groups -OCH3 is 1. The Kier molecular flexibility index (Phi) is 6.18. The van der Waals surface area contributed by atoms with Crippen molar-refractivity contribution in [2.75, 3.05) is 7.11 Å². The van der Waals surface area contributed by atoms with Crippen molar-refractivity contribution in [3.8, 4) is 11.8 Å². The Morgan fingerprint density at radius 2 is 1.88 bits per heavy atom. The van der Waals surface area contributed by atoms with Crippen LogP contribution in [0.5, 0.6) is 0 Å². The number of rotatable bonds is 4. The quantitative estimate of drug-likeness (QED) is 0.402. The number of nitrogens with zero attached hydrogens (tertiary/aromatic N) is 1. The number of carbonyl (C=O) groups excluding carboxylic acids is 1. The van der Waals surface area contributed by atoms with Gasteiger partial charge in [0.1, 0.15) is 0 Å². The molecule has 5 nitrogen and oxygen atoms in total. The SMILES string of the molecule is COC1CCC2(CC1)Cc1ccc(C#CC3CC3)cc1C2C(=O)N(Cc1ccccc1)C(=N)N. The summed E-state index contributed by atoms with van der Waals surface area (Å²) in [6.45, 7) is 0.304. The van der Waals surface area contributed by atoms with Crippen LogP contribution in [0.25, 0.3) is 0 Å². The minimum Gasteiger partial charge on any atom is -0.381 e. The van der Waals surface area contributed by atoms with Crippen LogP contribution >= 0.6 is 0 Å². The van der Waals surface area contributed by atoms with E-state index in [2.05, 4.69) is 30.0 Å². The summed E-state index contributed by atoms with van der Waals surface area (Å²) in [6.07, 6.45) is 7.25. The van der Waals surface area contributed by atoms with E-state index in [-0.39, 0.29) is 29.3 Å². The van der Waals surface area contributed by atoms with Crippen LogP contribution in [0.15, 0.2) is 48.5 Å². The standard InChI is InChI=1S/C29H33N3O2/c1-34-24-13-15-29(16-14-24)18-23-12-11-21(10-9-20-7-8-20)17-25(23)26(29)27(33)32(28(30)31)19-22-5-3-2-4-6-22/h2-6,11-12,17,20,24,26H,7-8,13-16,18-19H2,1H3,(H3,30,31). The van der Waals surface area contributed by atoms with Gasteiger partial charge in [0.05, 0.1) is 18.6 Å². The number of nitrogens with one attached hydrogen (secondary N) is 1. The second kappa shape index (κ2) is 9.27. The van der Waals surface area contributed by atoms with Crippen LogP contribution in [0.2, 0.25) is 0 Å². The highest BCUT2D eigenvalue weighted by Crippen LogP contribution is 2.56. The van der Waals surface area contributed by atoms with Gasteiger partial charge in [0.15, 0.2) is 5.96 Å². The molecular formula is C29H33N3O2. The molecule has 1 spiro atoms. The molecule has 1 amide bonds. The highest BCUT2D eigenvalue weighted by atomic mass is 16.5. The molecule has 0 bridgehead atoms. The van der Waals surface area contributed by atoms with Gasteiger partial charge in [-0.15, -0.1) is 0 Å². The third kappa shape index (κ3) is 4.48. The van der Waals surface area contributed by atoms with Crippen LogP contribution in [-0.2, 0) is 22.5 Å². The molecule has 2 saturated carbocycles. The Bertz CT molecular complexity index is 1130. The van der Waals surface area contributed by atoms with E-state index >= 15 is 0 Å². The smallest absolute Gasteiger partial charge is 0.237 e. The number of amides is 1. The molecule has 34 heavy (non-hydrogen) atoms. The number of hydrogen-bond acceptors (Lipinski definition) is 3. The third-order valence-electron chi connectivity index (χ3n) is 7.86. The van der Waals surface area contributed by atoms with Crippen molar-refractivity contribution in [3.63, 3.8) is 0 Å². The summed E-state index contributed by atoms with van der Waals surface area (Å²) in [5.41, 5.74) is 10.1. The van der Waals surface area contributed by atoms with E-state index in [1.165, 1.54) is 23.3 Å². The van der Waals surface area contributed by atoms with Gasteiger partial charge >= 0.3 is 0 Å². The van der Waals surface area contributed by atoms with E-state index in [1.807, 2.05) is 30.3 Å². The fourth-order valence-electron chi connectivity index (χ4n) is 5.79. The number of nitrogens with two attached hydrogens (primary N) is 1. The van der Waals surface area contributed by atoms with Gasteiger partial charge in [-0.3, -0.25) is 15.1 Å². The number of carbonyl (C=O) groups is 1. The normalized spacial score (nSPS) is 25.3. The van der Waals surface area contributed by atoms with Crippen molar-refractivity contribution < 1.29 is 9.53 Å². The van der Waals surface area contributed by atoms with Crippen molar-refractivity contribution in [1.29, 1.82) is 5.41 Å². The van der Waals surface area contributed by atoms with E-state index in [0.29, 0.717) is 12.5 Å². The van der Waals surface area contributed by atoms with E-state index in [4.69, 9.17) is 15.9 Å². The minimum atomic E-state index is -0.324. The summed E-state index contributed by atoms with van der Waals surface area (Å²) in [6, 6.07) is 16.2. The summed E-state index contributed by atoms with van der Waals surface area (Å²) in [7, 11) is 1.77. The Hall–Kier alpha value is -3.10. The van der Waals surface area contributed by atoms with Crippen molar-refractivity contribution in [2.24, 2.45) is 17.1 Å². The van der Waals surface area contributed by atoms with E-state index < -0.39 is 0 Å². The molecule has 2 aromatic rings. The third-order valence-corrected chi connectivity index (χ3v) is 7.86. The molecule has 2 aromatic carbocycles. The van der Waals surface area contributed by atoms with E-state index in [9.17, 15) is 4.79 Å². The lowest BCUT2D eigenvalue weighted by atomic mass is 9.65. The topological polar surface area (TPSA) is 79.4 Å². The van der Waals surface area contributed by atoms with Crippen LogP contribution in [0.3, 0.4) is 0 Å². The van der Waals surface area contributed by atoms with Crippen molar-refractivity contribution in [1.82, 2.24) is 4.90 Å². The molecular weight excluding hydrogens is 422 g/mol. The largest absolute Gasteiger partial charge is 0.381 e. The zero-order chi connectivity index (χ0) is 23.7. The van der Waals surface area contributed by atoms with Gasteiger partial charge in [-0.2, -0.15) is 0 Å². The maximum absolute atomic E-state index is 14.2. The van der Waals surface area contributed by atoms with Gasteiger partial charge < -0.3 is 10.5 Å². The van der Waals surface area contributed by atoms with Crippen LogP contribution in [-0.4, -0.2) is 30.0 Å². The second-order valence-electron chi connectivity index (χ2n) is 10.2. The molecule has 0 saturated heterocycles. The molecule has 0 radical (unpaired) electrons. The summed E-state index contributed by atoms with van der Waals surface area (Å²) in [5.74, 6) is 6.62. The van der Waals surface area contributed by atoms with Gasteiger partial charge in [0.2, 0.25) is 5.91 Å². The summed E-state index contributed by atoms with van der Waals surface area (Å²) in [4.78, 5) is 15.7. The molecule has 3 aliphatic carbocycles. The number of benzene rings is 2. The average Bonchev–Trinajstić information content (AvgIpc) is 3.63. The molecule has 1 atom stereocenters. The van der Waals surface area contributed by atoms with Gasteiger partial charge in [0, 0.05) is 18.6 Å². The molecule has 3 N–H and O–H groups in total. The van der Waals surface area contributed by atoms with E-state index in [1.54, 1.807) is 7.11 Å². The molecule has 1 unspecified atom stereocenters. The Morgan fingerprint density at radius 1 is 1.15 bits per heavy atom. The molecule has 0 heterocycles. The van der Waals surface area contributed by atoms with Crippen LogP contribution in [0.4, 0.5) is 0 Å². The Balaban J connectivity index is 1.51. The first-order valence-electron chi connectivity index (χ1n) is 12.4. The fourth-order valence-corrected chi connectivity index (χ4v) is 5.79. The van der Waals surface area contributed by atoms with Crippen molar-refractivity contribution in [2.45, 2.75) is 63.5 Å². The zero-order valence-electron chi connectivity index (χ0n) is 19.8. The predicted molar refractivity (Wildman–Crippen MR) is 133 cm³/mol. The average molecular weight is 456 g/mol. The second-order valence-corrected chi connectivity index (χ2v) is 10.2. The molecule has 0 aliphatic heterocycles. The predicted octanol–water partition coefficient (Wildman–Crippen LogP) is 4.59. The number of fused-ring (bicyclic) bond motifs is 1. The summed E-state index contributed by atoms with van der Waals surface area (Å²) >= 11 is 0. The van der Waals surface area contributed by atoms with Crippen LogP contribution < -0.4 is 5.73 Å². The Morgan fingerprint density at radius 3 is 2.53 bits per heavy atom. The van der Waals surface area contributed by atoms with Gasteiger partial charge in [-0.1, -0.05) is 48.2 Å². The number of guanidine groups is 1. The van der Waals surface area contributed by atoms with Gasteiger partial charge in [0.25, 0.3) is 0 Å². The maximum Gasteiger partial charge on any atom is 0.237 e. The Labute approximate surface area is 202 Å². The zero-order valence-corrected chi connectivity index (χ0v) is 19.8. The minimum absolute atomic E-state index is 0.0710. The molecule has 176 valence electrons. The van der Waals surface area contributed by atoms with Gasteiger partial charge in [-0.25, -0.2) is 0 Å². The lowest BCUT2D eigenvalue weighted by Crippen LogP contribution is -2.47.